The average molecular weight is 266 g/mol. The highest BCUT2D eigenvalue weighted by Gasteiger charge is 2.21. The number of aromatic nitrogens is 1. The van der Waals surface area contributed by atoms with Crippen LogP contribution in [0.25, 0.3) is 0 Å². The first kappa shape index (κ1) is 15.3. The molecule has 5 nitrogen and oxygen atoms in total. The number of aliphatic carboxylic acids is 1. The second-order valence-corrected chi connectivity index (χ2v) is 5.31. The van der Waals surface area contributed by atoms with Crippen LogP contribution in [0, 0.1) is 5.92 Å². The van der Waals surface area contributed by atoms with Gasteiger partial charge in [0.05, 0.1) is 0 Å². The number of carboxylic acids is 1. The number of hydrogen-bond donors (Lipinski definition) is 1. The van der Waals surface area contributed by atoms with E-state index in [9.17, 15) is 9.59 Å². The lowest BCUT2D eigenvalue weighted by Crippen LogP contribution is -2.37. The Morgan fingerprint density at radius 3 is 2.53 bits per heavy atom. The van der Waals surface area contributed by atoms with Crippen molar-refractivity contribution in [3.05, 3.63) is 24.0 Å². The Morgan fingerprint density at radius 1 is 1.37 bits per heavy atom. The summed E-state index contributed by atoms with van der Waals surface area (Å²) in [6.45, 7) is 6.03. The van der Waals surface area contributed by atoms with Crippen molar-refractivity contribution in [3.63, 3.8) is 0 Å². The lowest BCUT2D eigenvalue weighted by molar-refractivity contribution is -0.137. The van der Waals surface area contributed by atoms with Gasteiger partial charge in [-0.3, -0.25) is 9.59 Å². The molecule has 1 heterocycles. The van der Waals surface area contributed by atoms with Gasteiger partial charge in [-0.25, -0.2) is 0 Å². The zero-order chi connectivity index (χ0) is 14.6. The molecule has 1 rings (SSSR count). The van der Waals surface area contributed by atoms with Crippen LogP contribution in [-0.4, -0.2) is 39.5 Å². The maximum Gasteiger partial charge on any atom is 0.323 e. The number of rotatable bonds is 6. The van der Waals surface area contributed by atoms with Crippen LogP contribution in [0.2, 0.25) is 0 Å². The first-order chi connectivity index (χ1) is 8.82. The molecule has 106 valence electrons. The molecule has 0 saturated carbocycles. The standard InChI is InChI=1S/C14H22N2O3/c1-10(2)8-11(3)15(4)14(19)12-6-5-7-16(12)9-13(17)18/h5-7,10-11H,8-9H2,1-4H3,(H,17,18). The fourth-order valence-electron chi connectivity index (χ4n) is 2.11. The highest BCUT2D eigenvalue weighted by atomic mass is 16.4. The predicted molar refractivity (Wildman–Crippen MR) is 73.1 cm³/mol. The summed E-state index contributed by atoms with van der Waals surface area (Å²) < 4.78 is 1.46. The molecule has 0 aliphatic carbocycles. The first-order valence-corrected chi connectivity index (χ1v) is 6.47. The minimum atomic E-state index is -0.955. The summed E-state index contributed by atoms with van der Waals surface area (Å²) in [5.74, 6) is -0.585. The van der Waals surface area contributed by atoms with E-state index < -0.39 is 5.97 Å². The largest absolute Gasteiger partial charge is 0.480 e. The van der Waals surface area contributed by atoms with Crippen molar-refractivity contribution in [1.82, 2.24) is 9.47 Å². The summed E-state index contributed by atoms with van der Waals surface area (Å²) in [5, 5.41) is 8.81. The Balaban J connectivity index is 2.82. The maximum atomic E-state index is 12.3. The van der Waals surface area contributed by atoms with Crippen molar-refractivity contribution in [2.75, 3.05) is 7.05 Å². The molecule has 0 fully saturated rings. The molecule has 1 N–H and O–H groups in total. The van der Waals surface area contributed by atoms with E-state index in [1.165, 1.54) is 4.57 Å². The topological polar surface area (TPSA) is 62.5 Å². The normalized spacial score (nSPS) is 12.5. The van der Waals surface area contributed by atoms with Gasteiger partial charge >= 0.3 is 5.97 Å². The van der Waals surface area contributed by atoms with Crippen molar-refractivity contribution >= 4 is 11.9 Å². The van der Waals surface area contributed by atoms with Gasteiger partial charge in [-0.2, -0.15) is 0 Å². The Kier molecular flexibility index (Phi) is 5.15. The summed E-state index contributed by atoms with van der Waals surface area (Å²) in [4.78, 5) is 24.8. The average Bonchev–Trinajstić information content (AvgIpc) is 2.73. The zero-order valence-corrected chi connectivity index (χ0v) is 12.0. The number of carboxylic acid groups (broad SMARTS) is 1. The van der Waals surface area contributed by atoms with Crippen LogP contribution in [0.4, 0.5) is 0 Å². The van der Waals surface area contributed by atoms with Crippen LogP contribution in [0.5, 0.6) is 0 Å². The number of carbonyl (C=O) groups excluding carboxylic acids is 1. The van der Waals surface area contributed by atoms with E-state index in [4.69, 9.17) is 5.11 Å². The van der Waals surface area contributed by atoms with Crippen molar-refractivity contribution in [3.8, 4) is 0 Å². The maximum absolute atomic E-state index is 12.3. The molecule has 1 aromatic rings. The third-order valence-electron chi connectivity index (χ3n) is 3.15. The van der Waals surface area contributed by atoms with Gasteiger partial charge in [0.1, 0.15) is 12.2 Å². The van der Waals surface area contributed by atoms with Crippen LogP contribution < -0.4 is 0 Å². The molecule has 0 aliphatic rings. The summed E-state index contributed by atoms with van der Waals surface area (Å²) in [5.41, 5.74) is 0.417. The van der Waals surface area contributed by atoms with E-state index in [0.29, 0.717) is 11.6 Å². The van der Waals surface area contributed by atoms with Crippen molar-refractivity contribution in [2.45, 2.75) is 39.8 Å². The molecule has 1 atom stereocenters. The van der Waals surface area contributed by atoms with Crippen LogP contribution in [0.15, 0.2) is 18.3 Å². The van der Waals surface area contributed by atoms with Gasteiger partial charge in [-0.15, -0.1) is 0 Å². The summed E-state index contributed by atoms with van der Waals surface area (Å²) >= 11 is 0. The molecule has 1 amide bonds. The Morgan fingerprint density at radius 2 is 2.00 bits per heavy atom. The molecule has 0 spiro atoms. The molecular formula is C14H22N2O3. The van der Waals surface area contributed by atoms with Crippen LogP contribution in [0.3, 0.4) is 0 Å². The minimum Gasteiger partial charge on any atom is -0.480 e. The molecule has 0 aliphatic heterocycles. The lowest BCUT2D eigenvalue weighted by Gasteiger charge is -2.26. The predicted octanol–water partition coefficient (Wildman–Crippen LogP) is 2.08. The highest BCUT2D eigenvalue weighted by Crippen LogP contribution is 2.13. The molecule has 0 bridgehead atoms. The van der Waals surface area contributed by atoms with Crippen LogP contribution in [0.1, 0.15) is 37.7 Å². The van der Waals surface area contributed by atoms with Gasteiger partial charge in [0.25, 0.3) is 5.91 Å². The smallest absolute Gasteiger partial charge is 0.323 e. The fourth-order valence-corrected chi connectivity index (χ4v) is 2.11. The Bertz CT molecular complexity index is 451. The van der Waals surface area contributed by atoms with Gasteiger partial charge in [-0.1, -0.05) is 13.8 Å². The second kappa shape index (κ2) is 6.41. The molecule has 0 aromatic carbocycles. The third kappa shape index (κ3) is 4.12. The van der Waals surface area contributed by atoms with Crippen LogP contribution in [-0.2, 0) is 11.3 Å². The number of hydrogen-bond acceptors (Lipinski definition) is 2. The van der Waals surface area contributed by atoms with Crippen molar-refractivity contribution in [2.24, 2.45) is 5.92 Å². The lowest BCUT2D eigenvalue weighted by atomic mass is 10.0. The van der Waals surface area contributed by atoms with Gasteiger partial charge in [0.2, 0.25) is 0 Å². The molecule has 5 heteroatoms. The summed E-state index contributed by atoms with van der Waals surface area (Å²) in [6, 6.07) is 3.47. The fraction of sp³-hybridized carbons (Fsp3) is 0.571. The van der Waals surface area contributed by atoms with E-state index in [0.717, 1.165) is 6.42 Å². The summed E-state index contributed by atoms with van der Waals surface area (Å²) in [7, 11) is 1.76. The Hall–Kier alpha value is -1.78. The highest BCUT2D eigenvalue weighted by molar-refractivity contribution is 5.93. The molecule has 19 heavy (non-hydrogen) atoms. The quantitative estimate of drug-likeness (QED) is 0.857. The third-order valence-corrected chi connectivity index (χ3v) is 3.15. The SMILES string of the molecule is CC(C)CC(C)N(C)C(=O)c1cccn1CC(=O)O. The second-order valence-electron chi connectivity index (χ2n) is 5.31. The summed E-state index contributed by atoms with van der Waals surface area (Å²) in [6.07, 6.45) is 2.53. The van der Waals surface area contributed by atoms with Gasteiger partial charge in [-0.05, 0) is 31.4 Å². The van der Waals surface area contributed by atoms with Crippen LogP contribution >= 0.6 is 0 Å². The molecule has 1 aromatic heterocycles. The molecule has 0 saturated heterocycles. The van der Waals surface area contributed by atoms with E-state index in [2.05, 4.69) is 13.8 Å². The number of carbonyl (C=O) groups is 2. The van der Waals surface area contributed by atoms with Gasteiger partial charge in [0.15, 0.2) is 0 Å². The number of nitrogens with zero attached hydrogens (tertiary/aromatic N) is 2. The molecule has 1 unspecified atom stereocenters. The molecule has 0 radical (unpaired) electrons. The van der Waals surface area contributed by atoms with E-state index in [1.54, 1.807) is 30.3 Å². The molecular weight excluding hydrogens is 244 g/mol. The van der Waals surface area contributed by atoms with E-state index in [1.807, 2.05) is 6.92 Å². The van der Waals surface area contributed by atoms with E-state index in [-0.39, 0.29) is 18.5 Å². The zero-order valence-electron chi connectivity index (χ0n) is 12.0. The van der Waals surface area contributed by atoms with E-state index >= 15 is 0 Å². The van der Waals surface area contributed by atoms with Gasteiger partial charge < -0.3 is 14.6 Å². The minimum absolute atomic E-state index is 0.126. The van der Waals surface area contributed by atoms with Gasteiger partial charge in [0, 0.05) is 19.3 Å². The van der Waals surface area contributed by atoms with Crippen molar-refractivity contribution in [1.29, 1.82) is 0 Å². The first-order valence-electron chi connectivity index (χ1n) is 6.47. The number of amides is 1. The monoisotopic (exact) mass is 266 g/mol. The Labute approximate surface area is 113 Å². The van der Waals surface area contributed by atoms with Crippen molar-refractivity contribution < 1.29 is 14.7 Å².